The summed E-state index contributed by atoms with van der Waals surface area (Å²) in [6, 6.07) is 5.56. The van der Waals surface area contributed by atoms with Crippen molar-refractivity contribution in [3.05, 3.63) is 68.8 Å². The molecular weight excluding hydrogens is 405 g/mol. The maximum absolute atomic E-state index is 12.6. The van der Waals surface area contributed by atoms with Crippen molar-refractivity contribution in [2.75, 3.05) is 6.61 Å². The number of aromatic nitrogens is 2. The Balaban J connectivity index is 2.06. The molecule has 2 aromatic rings. The Morgan fingerprint density at radius 3 is 2.57 bits per heavy atom. The van der Waals surface area contributed by atoms with E-state index in [1.54, 1.807) is 0 Å². The van der Waals surface area contributed by atoms with Gasteiger partial charge in [-0.2, -0.15) is 0 Å². The molecule has 1 saturated heterocycles. The molecule has 1 aromatic carbocycles. The summed E-state index contributed by atoms with van der Waals surface area (Å²) >= 11 is 0. The van der Waals surface area contributed by atoms with E-state index >= 15 is 0 Å². The third kappa shape index (κ3) is 3.79. The van der Waals surface area contributed by atoms with Crippen LogP contribution in [0.2, 0.25) is 0 Å². The third-order valence-electron chi connectivity index (χ3n) is 4.81. The first-order valence-corrected chi connectivity index (χ1v) is 8.75. The van der Waals surface area contributed by atoms with Gasteiger partial charge in [0.2, 0.25) is 5.72 Å². The summed E-state index contributed by atoms with van der Waals surface area (Å²) in [4.78, 5) is 26.0. The molecule has 1 aromatic heterocycles. The van der Waals surface area contributed by atoms with Crippen molar-refractivity contribution in [3.8, 4) is 5.75 Å². The summed E-state index contributed by atoms with van der Waals surface area (Å²) in [6.45, 7) is -1.14. The summed E-state index contributed by atoms with van der Waals surface area (Å²) < 4.78 is 18.6. The molecule has 0 radical (unpaired) electrons. The molecule has 0 spiro atoms. The molecule has 162 valence electrons. The molecule has 3 rings (SSSR count). The third-order valence-corrected chi connectivity index (χ3v) is 4.81. The van der Waals surface area contributed by atoms with Crippen molar-refractivity contribution in [1.82, 2.24) is 14.6 Å². The molecule has 4 atom stereocenters. The maximum atomic E-state index is 12.6. The minimum atomic E-state index is -2.65. The molecular formula is C18H20FN3O8. The molecule has 0 aliphatic carbocycles. The van der Waals surface area contributed by atoms with Gasteiger partial charge in [0.1, 0.15) is 18.0 Å². The van der Waals surface area contributed by atoms with Gasteiger partial charge < -0.3 is 30.4 Å². The predicted molar refractivity (Wildman–Crippen MR) is 98.9 cm³/mol. The topological polar surface area (TPSA) is 168 Å². The number of H-pyrrole nitrogens is 1. The van der Waals surface area contributed by atoms with E-state index in [-0.39, 0.29) is 24.2 Å². The zero-order chi connectivity index (χ0) is 22.1. The smallest absolute Gasteiger partial charge is 0.330 e. The van der Waals surface area contributed by atoms with Crippen LogP contribution in [0.25, 0.3) is 6.08 Å². The van der Waals surface area contributed by atoms with Gasteiger partial charge in [-0.1, -0.05) is 12.1 Å². The highest BCUT2D eigenvalue weighted by atomic mass is 19.1. The number of benzene rings is 1. The van der Waals surface area contributed by atoms with Gasteiger partial charge in [-0.3, -0.25) is 14.3 Å². The summed E-state index contributed by atoms with van der Waals surface area (Å²) in [5, 5.41) is 51.4. The molecule has 30 heavy (non-hydrogen) atoms. The lowest BCUT2D eigenvalue weighted by molar-refractivity contribution is -0.318. The molecule has 1 unspecified atom stereocenters. The lowest BCUT2D eigenvalue weighted by atomic mass is 10.0. The van der Waals surface area contributed by atoms with Crippen molar-refractivity contribution in [1.29, 1.82) is 0 Å². The molecule has 11 nitrogen and oxygen atoms in total. The number of aromatic amines is 1. The summed E-state index contributed by atoms with van der Waals surface area (Å²) in [5.41, 5.74) is -4.51. The molecule has 0 saturated carbocycles. The number of phenols is 1. The molecule has 0 bridgehead atoms. The highest BCUT2D eigenvalue weighted by Gasteiger charge is 2.60. The number of rotatable bonds is 6. The summed E-state index contributed by atoms with van der Waals surface area (Å²) in [7, 11) is 0. The van der Waals surface area contributed by atoms with E-state index in [0.717, 1.165) is 12.3 Å². The minimum absolute atomic E-state index is 0.0300. The zero-order valence-electron chi connectivity index (χ0n) is 15.4. The number of hydrogen-bond acceptors (Lipinski definition) is 9. The van der Waals surface area contributed by atoms with E-state index in [1.807, 2.05) is 4.98 Å². The van der Waals surface area contributed by atoms with Crippen LogP contribution >= 0.6 is 0 Å². The van der Waals surface area contributed by atoms with Crippen molar-refractivity contribution in [2.24, 2.45) is 0 Å². The van der Waals surface area contributed by atoms with E-state index < -0.39 is 42.0 Å². The van der Waals surface area contributed by atoms with Crippen LogP contribution in [0.4, 0.5) is 4.39 Å². The van der Waals surface area contributed by atoms with Crippen LogP contribution < -0.4 is 11.2 Å². The Hall–Kier alpha value is -2.87. The SMILES string of the molecule is O=c1[nH]c(=O)n(C2O[C@H](CO)[C@@H](O)[C@]2(O)N(O)Cc2ccc(O)cc2)cc1/C=C/F. The lowest BCUT2D eigenvalue weighted by Crippen LogP contribution is -2.59. The van der Waals surface area contributed by atoms with E-state index in [9.17, 15) is 39.6 Å². The van der Waals surface area contributed by atoms with Crippen LogP contribution in [0.1, 0.15) is 17.4 Å². The summed E-state index contributed by atoms with van der Waals surface area (Å²) in [6.07, 6.45) is -3.36. The van der Waals surface area contributed by atoms with Crippen LogP contribution in [-0.2, 0) is 11.3 Å². The maximum Gasteiger partial charge on any atom is 0.330 e. The highest BCUT2D eigenvalue weighted by molar-refractivity contribution is 5.44. The number of hydroxylamine groups is 2. The fraction of sp³-hybridized carbons (Fsp3) is 0.333. The molecule has 0 amide bonds. The Morgan fingerprint density at radius 2 is 1.97 bits per heavy atom. The first kappa shape index (κ1) is 21.8. The molecule has 6 N–H and O–H groups in total. The van der Waals surface area contributed by atoms with E-state index in [4.69, 9.17) is 4.74 Å². The van der Waals surface area contributed by atoms with Crippen molar-refractivity contribution >= 4 is 6.08 Å². The number of nitrogens with one attached hydrogen (secondary N) is 1. The van der Waals surface area contributed by atoms with Crippen molar-refractivity contribution < 1.29 is 34.8 Å². The number of halogens is 1. The zero-order valence-corrected chi connectivity index (χ0v) is 15.4. The standard InChI is InChI=1S/C18H20FN3O8/c19-6-5-11-8-21(17(27)20-15(11)26)16-18(28,14(25)13(9-23)30-16)22(29)7-10-1-3-12(24)4-2-10/h1-6,8,13-14,16,23-25,28-29H,7,9H2,(H,20,26,27)/b6-5+/t13-,14-,16?,18-/m1/s1. The Morgan fingerprint density at radius 1 is 1.30 bits per heavy atom. The number of aliphatic hydroxyl groups excluding tert-OH is 2. The van der Waals surface area contributed by atoms with E-state index in [0.29, 0.717) is 15.2 Å². The summed E-state index contributed by atoms with van der Waals surface area (Å²) in [5.74, 6) is -0.0300. The molecule has 2 heterocycles. The van der Waals surface area contributed by atoms with Crippen LogP contribution in [-0.4, -0.2) is 64.8 Å². The van der Waals surface area contributed by atoms with Crippen molar-refractivity contribution in [2.45, 2.75) is 30.7 Å². The second-order valence-electron chi connectivity index (χ2n) is 6.71. The number of phenolic OH excluding ortho intramolecular Hbond substituents is 1. The first-order valence-electron chi connectivity index (χ1n) is 8.75. The average Bonchev–Trinajstić information content (AvgIpc) is 2.97. The fourth-order valence-corrected chi connectivity index (χ4v) is 3.22. The van der Waals surface area contributed by atoms with Gasteiger partial charge in [0.05, 0.1) is 25.0 Å². The van der Waals surface area contributed by atoms with Gasteiger partial charge in [0, 0.05) is 6.20 Å². The van der Waals surface area contributed by atoms with Gasteiger partial charge in [0.15, 0.2) is 6.23 Å². The fourth-order valence-electron chi connectivity index (χ4n) is 3.22. The van der Waals surface area contributed by atoms with E-state index in [2.05, 4.69) is 0 Å². The van der Waals surface area contributed by atoms with Gasteiger partial charge in [-0.05, 0) is 23.8 Å². The van der Waals surface area contributed by atoms with Crippen LogP contribution in [0, 0.1) is 0 Å². The second kappa shape index (κ2) is 8.47. The van der Waals surface area contributed by atoms with Gasteiger partial charge in [-0.25, -0.2) is 9.18 Å². The number of hydrogen-bond donors (Lipinski definition) is 6. The van der Waals surface area contributed by atoms with Crippen LogP contribution in [0.5, 0.6) is 5.75 Å². The molecule has 1 fully saturated rings. The number of nitrogens with zero attached hydrogens (tertiary/aromatic N) is 2. The number of aliphatic hydroxyl groups is 3. The Bertz CT molecular complexity index is 1040. The lowest BCUT2D eigenvalue weighted by Gasteiger charge is -2.37. The Kier molecular flexibility index (Phi) is 6.17. The van der Waals surface area contributed by atoms with Gasteiger partial charge in [-0.15, -0.1) is 5.06 Å². The monoisotopic (exact) mass is 425 g/mol. The number of aromatic hydroxyl groups is 1. The van der Waals surface area contributed by atoms with Crippen LogP contribution in [0.15, 0.2) is 46.4 Å². The minimum Gasteiger partial charge on any atom is -0.508 e. The molecule has 1 aliphatic heterocycles. The van der Waals surface area contributed by atoms with Gasteiger partial charge in [0.25, 0.3) is 5.56 Å². The average molecular weight is 425 g/mol. The molecule has 1 aliphatic rings. The largest absolute Gasteiger partial charge is 0.508 e. The van der Waals surface area contributed by atoms with E-state index in [1.165, 1.54) is 24.3 Å². The van der Waals surface area contributed by atoms with Crippen LogP contribution in [0.3, 0.4) is 0 Å². The second-order valence-corrected chi connectivity index (χ2v) is 6.71. The number of ether oxygens (including phenoxy) is 1. The quantitative estimate of drug-likeness (QED) is 0.251. The molecule has 12 heteroatoms. The highest BCUT2D eigenvalue weighted by Crippen LogP contribution is 2.40. The van der Waals surface area contributed by atoms with Crippen molar-refractivity contribution in [3.63, 3.8) is 0 Å². The Labute approximate surface area is 168 Å². The normalized spacial score (nSPS) is 26.7. The first-order chi connectivity index (χ1) is 14.2. The predicted octanol–water partition coefficient (Wildman–Crippen LogP) is -0.987. The van der Waals surface area contributed by atoms with Gasteiger partial charge >= 0.3 is 5.69 Å².